The van der Waals surface area contributed by atoms with Crippen molar-refractivity contribution in [3.05, 3.63) is 194 Å². The molecule has 0 fully saturated rings. The van der Waals surface area contributed by atoms with Crippen molar-refractivity contribution in [2.75, 3.05) is 0 Å². The quantitative estimate of drug-likeness (QED) is 0.157. The minimum absolute atomic E-state index is 1.26. The fourth-order valence-corrected chi connectivity index (χ4v) is 12.4. The molecule has 0 nitrogen and oxygen atoms in total. The molecule has 2 heterocycles. The lowest BCUT2D eigenvalue weighted by Crippen LogP contribution is -1.93. The van der Waals surface area contributed by atoms with Crippen LogP contribution in [0.5, 0.6) is 0 Å². The van der Waals surface area contributed by atoms with E-state index in [4.69, 9.17) is 0 Å². The van der Waals surface area contributed by atoms with Crippen molar-refractivity contribution in [3.8, 4) is 33.4 Å². The van der Waals surface area contributed by atoms with E-state index in [1.807, 2.05) is 22.7 Å². The summed E-state index contributed by atoms with van der Waals surface area (Å²) in [7, 11) is 0. The molecule has 0 saturated carbocycles. The molecule has 13 rings (SSSR count). The predicted octanol–water partition coefficient (Wildman–Crippen LogP) is 17.2. The standard InChI is InChI=1S/C56H32S2/c1-3-17-35-33(14-1)16-13-26-39(35)51-40-21-7-9-23-42(40)52(43-24-10-8-22-41(43)51)44-28-29-45(38-20-6-5-19-37(38)44)53-36-18-4-2-15-34(36)32-47-55-50(58-56(47)53)31-30-49-54(55)46-25-11-12-27-48(46)57-49/h1-32H. The van der Waals surface area contributed by atoms with Gasteiger partial charge < -0.3 is 0 Å². The molecule has 0 amide bonds. The van der Waals surface area contributed by atoms with Crippen molar-refractivity contribution in [1.82, 2.24) is 0 Å². The lowest BCUT2D eigenvalue weighted by atomic mass is 9.82. The lowest BCUT2D eigenvalue weighted by Gasteiger charge is -2.20. The Labute approximate surface area is 342 Å². The van der Waals surface area contributed by atoms with Gasteiger partial charge in [0.25, 0.3) is 0 Å². The summed E-state index contributed by atoms with van der Waals surface area (Å²) in [5.74, 6) is 0. The number of hydrogen-bond donors (Lipinski definition) is 0. The fraction of sp³-hybridized carbons (Fsp3) is 0. The zero-order valence-corrected chi connectivity index (χ0v) is 32.9. The van der Waals surface area contributed by atoms with E-state index in [0.717, 1.165) is 0 Å². The van der Waals surface area contributed by atoms with Crippen LogP contribution in [0.3, 0.4) is 0 Å². The first-order valence-electron chi connectivity index (χ1n) is 19.9. The van der Waals surface area contributed by atoms with Gasteiger partial charge in [-0.1, -0.05) is 170 Å². The molecule has 0 spiro atoms. The smallest absolute Gasteiger partial charge is 0.0440 e. The number of fused-ring (bicyclic) bond motifs is 12. The van der Waals surface area contributed by atoms with Gasteiger partial charge >= 0.3 is 0 Å². The van der Waals surface area contributed by atoms with Crippen molar-refractivity contribution in [2.45, 2.75) is 0 Å². The van der Waals surface area contributed by atoms with Crippen LogP contribution in [0.2, 0.25) is 0 Å². The summed E-state index contributed by atoms with van der Waals surface area (Å²) in [5, 5.41) is 18.2. The molecule has 0 aliphatic rings. The van der Waals surface area contributed by atoms with Crippen LogP contribution in [0.25, 0.3) is 128 Å². The zero-order valence-electron chi connectivity index (χ0n) is 31.3. The van der Waals surface area contributed by atoms with Crippen LogP contribution in [0.15, 0.2) is 194 Å². The molecule has 0 radical (unpaired) electrons. The lowest BCUT2D eigenvalue weighted by molar-refractivity contribution is 1.68. The highest BCUT2D eigenvalue weighted by Gasteiger charge is 2.23. The van der Waals surface area contributed by atoms with Crippen LogP contribution in [0.4, 0.5) is 0 Å². The highest BCUT2D eigenvalue weighted by atomic mass is 32.1. The molecule has 0 atom stereocenters. The zero-order chi connectivity index (χ0) is 37.9. The van der Waals surface area contributed by atoms with Crippen molar-refractivity contribution >= 4 is 117 Å². The first-order valence-corrected chi connectivity index (χ1v) is 21.6. The molecule has 0 N–H and O–H groups in total. The Morgan fingerprint density at radius 3 is 1.34 bits per heavy atom. The van der Waals surface area contributed by atoms with Gasteiger partial charge in [-0.15, -0.1) is 22.7 Å². The van der Waals surface area contributed by atoms with E-state index in [9.17, 15) is 0 Å². The Morgan fingerprint density at radius 2 is 0.690 bits per heavy atom. The van der Waals surface area contributed by atoms with Crippen molar-refractivity contribution < 1.29 is 0 Å². The van der Waals surface area contributed by atoms with E-state index < -0.39 is 0 Å². The van der Waals surface area contributed by atoms with E-state index in [1.165, 1.54) is 128 Å². The molecule has 2 aromatic heterocycles. The Morgan fingerprint density at radius 1 is 0.241 bits per heavy atom. The molecule has 268 valence electrons. The second-order valence-corrected chi connectivity index (χ2v) is 17.6. The van der Waals surface area contributed by atoms with E-state index in [1.54, 1.807) is 0 Å². The predicted molar refractivity (Wildman–Crippen MR) is 256 cm³/mol. The van der Waals surface area contributed by atoms with Crippen LogP contribution in [0.1, 0.15) is 0 Å². The average Bonchev–Trinajstić information content (AvgIpc) is 3.85. The summed E-state index contributed by atoms with van der Waals surface area (Å²) in [6.45, 7) is 0. The van der Waals surface area contributed by atoms with Crippen LogP contribution >= 0.6 is 22.7 Å². The van der Waals surface area contributed by atoms with E-state index in [0.29, 0.717) is 0 Å². The third-order valence-corrected chi connectivity index (χ3v) is 14.8. The van der Waals surface area contributed by atoms with Crippen molar-refractivity contribution in [1.29, 1.82) is 0 Å². The maximum atomic E-state index is 2.45. The maximum Gasteiger partial charge on any atom is 0.0440 e. The molecule has 11 aromatic carbocycles. The van der Waals surface area contributed by atoms with Gasteiger partial charge in [-0.3, -0.25) is 0 Å². The minimum Gasteiger partial charge on any atom is -0.135 e. The summed E-state index contributed by atoms with van der Waals surface area (Å²) >= 11 is 3.84. The monoisotopic (exact) mass is 768 g/mol. The summed E-state index contributed by atoms with van der Waals surface area (Å²) < 4.78 is 5.39. The topological polar surface area (TPSA) is 0 Å². The largest absolute Gasteiger partial charge is 0.135 e. The Balaban J connectivity index is 1.13. The summed E-state index contributed by atoms with van der Waals surface area (Å²) in [6, 6.07) is 72.5. The van der Waals surface area contributed by atoms with Gasteiger partial charge in [0.15, 0.2) is 0 Å². The van der Waals surface area contributed by atoms with E-state index >= 15 is 0 Å². The molecule has 0 bridgehead atoms. The first-order chi connectivity index (χ1) is 28.8. The van der Waals surface area contributed by atoms with Gasteiger partial charge in [-0.25, -0.2) is 0 Å². The third-order valence-electron chi connectivity index (χ3n) is 12.4. The van der Waals surface area contributed by atoms with E-state index in [-0.39, 0.29) is 0 Å². The number of thiophene rings is 2. The molecule has 0 aliphatic heterocycles. The summed E-state index contributed by atoms with van der Waals surface area (Å²) in [5.41, 5.74) is 7.72. The van der Waals surface area contributed by atoms with Gasteiger partial charge in [0.2, 0.25) is 0 Å². The summed E-state index contributed by atoms with van der Waals surface area (Å²) in [4.78, 5) is 0. The molecule has 13 aromatic rings. The summed E-state index contributed by atoms with van der Waals surface area (Å²) in [6.07, 6.45) is 0. The molecule has 0 saturated heterocycles. The number of rotatable bonds is 3. The van der Waals surface area contributed by atoms with Crippen molar-refractivity contribution in [2.24, 2.45) is 0 Å². The second kappa shape index (κ2) is 12.3. The maximum absolute atomic E-state index is 2.45. The SMILES string of the molecule is c1ccc2c(-c3c4ccccc4c(-c4ccc(-c5c6ccccc6cc6c5sc5ccc7sc8ccccc8c7c56)c5ccccc45)c4ccccc34)cccc2c1. The molecule has 58 heavy (non-hydrogen) atoms. The van der Waals surface area contributed by atoms with Gasteiger partial charge in [0, 0.05) is 45.9 Å². The molecule has 0 unspecified atom stereocenters. The number of hydrogen-bond acceptors (Lipinski definition) is 2. The molecule has 0 aliphatic carbocycles. The van der Waals surface area contributed by atoms with Gasteiger partial charge in [-0.05, 0) is 106 Å². The van der Waals surface area contributed by atoms with Crippen LogP contribution in [-0.2, 0) is 0 Å². The van der Waals surface area contributed by atoms with Gasteiger partial charge in [-0.2, -0.15) is 0 Å². The van der Waals surface area contributed by atoms with Crippen molar-refractivity contribution in [3.63, 3.8) is 0 Å². The minimum atomic E-state index is 1.26. The van der Waals surface area contributed by atoms with Gasteiger partial charge in [0.05, 0.1) is 0 Å². The highest BCUT2D eigenvalue weighted by Crippen LogP contribution is 2.52. The van der Waals surface area contributed by atoms with Gasteiger partial charge in [0.1, 0.15) is 0 Å². The third kappa shape index (κ3) is 4.50. The van der Waals surface area contributed by atoms with Crippen LogP contribution in [-0.4, -0.2) is 0 Å². The fourth-order valence-electron chi connectivity index (χ4n) is 10.0. The molecule has 2 heteroatoms. The van der Waals surface area contributed by atoms with E-state index in [2.05, 4.69) is 194 Å². The van der Waals surface area contributed by atoms with Crippen LogP contribution < -0.4 is 0 Å². The second-order valence-electron chi connectivity index (χ2n) is 15.4. The Kier molecular flexibility index (Phi) is 6.86. The number of benzene rings is 11. The molecular formula is C56H32S2. The first kappa shape index (κ1) is 32.3. The normalized spacial score (nSPS) is 12.1. The Hall–Kier alpha value is -6.84. The average molecular weight is 769 g/mol. The highest BCUT2D eigenvalue weighted by molar-refractivity contribution is 7.28. The Bertz CT molecular complexity index is 3800. The van der Waals surface area contributed by atoms with Crippen LogP contribution in [0, 0.1) is 0 Å². The molecular weight excluding hydrogens is 737 g/mol.